The molecule has 0 heterocycles. The maximum atomic E-state index is 8.11. The fraction of sp³-hybridized carbons (Fsp3) is 0. The Kier molecular flexibility index (Phi) is 20.4. The average molecular weight is 187 g/mol. The van der Waals surface area contributed by atoms with Gasteiger partial charge >= 0.3 is 0 Å². The van der Waals surface area contributed by atoms with Gasteiger partial charge in [0.25, 0.3) is 0 Å². The van der Waals surface area contributed by atoms with E-state index in [4.69, 9.17) is 10.1 Å². The number of hydrogen-bond acceptors (Lipinski definition) is 2. The van der Waals surface area contributed by atoms with E-state index in [0.29, 0.717) is 0 Å². The van der Waals surface area contributed by atoms with E-state index in [1.54, 1.807) is 0 Å². The number of hydrogen-bond donors (Lipinski definition) is 1. The summed E-state index contributed by atoms with van der Waals surface area (Å²) in [5.41, 5.74) is 0. The summed E-state index contributed by atoms with van der Waals surface area (Å²) in [5, 5.41) is 7.89. The van der Waals surface area contributed by atoms with Crippen LogP contribution in [0.4, 0.5) is 0 Å². The van der Waals surface area contributed by atoms with E-state index in [2.05, 4.69) is 0 Å². The molecule has 0 bridgehead atoms. The van der Waals surface area contributed by atoms with Crippen LogP contribution in [0, 0.1) is 46.7 Å². The minimum atomic E-state index is 0. The molecule has 0 aliphatic heterocycles. The minimum Gasteiger partial charge on any atom is -0.379 e. The van der Waals surface area contributed by atoms with Gasteiger partial charge in [-0.15, -0.1) is 4.91 Å². The molecule has 0 atom stereocenters. The van der Waals surface area contributed by atoms with Gasteiger partial charge in [-0.2, -0.15) is 0 Å². The van der Waals surface area contributed by atoms with E-state index < -0.39 is 0 Å². The van der Waals surface area contributed by atoms with Gasteiger partial charge in [-0.25, -0.2) is 0 Å². The summed E-state index contributed by atoms with van der Waals surface area (Å²) in [6, 6.07) is 0. The summed E-state index contributed by atoms with van der Waals surface area (Å²) in [6.45, 7) is 0. The first-order valence-corrected chi connectivity index (χ1v) is 0.383. The molecule has 1 N–H and O–H groups in total. The van der Waals surface area contributed by atoms with Crippen LogP contribution in [0.2, 0.25) is 0 Å². The van der Waals surface area contributed by atoms with E-state index in [1.807, 2.05) is 0 Å². The van der Waals surface area contributed by atoms with E-state index >= 15 is 0 Å². The van der Waals surface area contributed by atoms with E-state index in [1.165, 1.54) is 5.34 Å². The van der Waals surface area contributed by atoms with Crippen molar-refractivity contribution in [2.24, 2.45) is 5.34 Å². The second kappa shape index (κ2) is 9.22. The van der Waals surface area contributed by atoms with E-state index in [0.717, 1.165) is 0 Å². The van der Waals surface area contributed by atoms with Crippen molar-refractivity contribution in [1.82, 2.24) is 0 Å². The molecule has 0 aliphatic carbocycles. The Morgan fingerprint density at radius 1 is 1.75 bits per heavy atom. The monoisotopic (exact) mass is 187 g/mol. The Bertz CT molecular complexity index is 13.5. The maximum Gasteiger partial charge on any atom is 0.152 e. The Morgan fingerprint density at radius 2 is 1.75 bits per heavy atom. The van der Waals surface area contributed by atoms with Gasteiger partial charge < -0.3 is 5.21 Å². The molecule has 22 valence electrons. The molecule has 0 fully saturated rings. The fourth-order valence-electron chi connectivity index (χ4n) is 0. The third kappa shape index (κ3) is 14.5. The predicted octanol–water partition coefficient (Wildman–Crippen LogP) is 0.142. The molecule has 4 heteroatoms. The summed E-state index contributed by atoms with van der Waals surface area (Å²) in [5.74, 6) is 0. The average Bonchev–Trinajstić information content (AvgIpc) is 0.918. The smallest absolute Gasteiger partial charge is 0.152 e. The molecule has 0 amide bonds. The molecule has 0 aromatic heterocycles. The van der Waals surface area contributed by atoms with Gasteiger partial charge in [0.05, 0.1) is 0 Å². The Balaban J connectivity index is 0. The van der Waals surface area contributed by atoms with Crippen molar-refractivity contribution in [3.8, 4) is 0 Å². The largest absolute Gasteiger partial charge is 0.379 e. The first-order valence-electron chi connectivity index (χ1n) is 0.383. The zero-order valence-electron chi connectivity index (χ0n) is 1.80. The van der Waals surface area contributed by atoms with Crippen LogP contribution >= 0.6 is 0 Å². The molecule has 0 radical (unpaired) electrons. The second-order valence-electron chi connectivity index (χ2n) is 0.0816. The van der Waals surface area contributed by atoms with Gasteiger partial charge in [0.1, 0.15) is 0 Å². The summed E-state index contributed by atoms with van der Waals surface area (Å²) in [6.07, 6.45) is 0. The molecule has 0 rings (SSSR count). The van der Waals surface area contributed by atoms with Crippen LogP contribution in [-0.2, 0) is 0 Å². The number of nitrogens with zero attached hydrogens (tertiary/aromatic N) is 1. The van der Waals surface area contributed by atoms with E-state index in [9.17, 15) is 0 Å². The predicted molar refractivity (Wildman–Crippen MR) is 7.58 cm³/mol. The molecule has 4 heavy (non-hydrogen) atoms. The zero-order valence-corrected chi connectivity index (χ0v) is 4.94. The molecule has 0 saturated carbocycles. The molecule has 0 aliphatic rings. The van der Waals surface area contributed by atoms with Crippen LogP contribution in [-0.4, -0.2) is 5.21 Å². The van der Waals surface area contributed by atoms with Crippen molar-refractivity contribution in [3.63, 3.8) is 0 Å². The molecule has 0 spiro atoms. The van der Waals surface area contributed by atoms with Crippen LogP contribution in [0.3, 0.4) is 0 Å². The van der Waals surface area contributed by atoms with Crippen LogP contribution in [0.5, 0.6) is 0 Å². The van der Waals surface area contributed by atoms with Gasteiger partial charge in [-0.3, -0.25) is 0 Å². The minimum absolute atomic E-state index is 0. The van der Waals surface area contributed by atoms with Crippen molar-refractivity contribution < 1.29 is 47.0 Å². The van der Waals surface area contributed by atoms with Crippen LogP contribution < -0.4 is 0 Å². The van der Waals surface area contributed by atoms with Gasteiger partial charge in [-0.1, -0.05) is 0 Å². The van der Waals surface area contributed by atoms with Gasteiger partial charge in [-0.05, 0) is 0 Å². The Morgan fingerprint density at radius 3 is 1.75 bits per heavy atom. The first kappa shape index (κ1) is 8.84. The molecule has 0 aromatic carbocycles. The molecule has 0 unspecified atom stereocenters. The SMILES string of the molecule is O=NO.[Ce]. The molecule has 0 saturated heterocycles. The molecular formula is HCeNO2. The summed E-state index contributed by atoms with van der Waals surface area (Å²) < 4.78 is 0. The molecular weight excluding hydrogens is 186 g/mol. The number of rotatable bonds is 0. The topological polar surface area (TPSA) is 49.7 Å². The zero-order chi connectivity index (χ0) is 2.71. The fourth-order valence-corrected chi connectivity index (χ4v) is 0. The van der Waals surface area contributed by atoms with Gasteiger partial charge in [0, 0.05) is 41.7 Å². The third-order valence-electron chi connectivity index (χ3n) is 0. The van der Waals surface area contributed by atoms with Crippen molar-refractivity contribution in [2.75, 3.05) is 0 Å². The molecule has 3 nitrogen and oxygen atoms in total. The summed E-state index contributed by atoms with van der Waals surface area (Å²) in [7, 11) is 0. The summed E-state index contributed by atoms with van der Waals surface area (Å²) >= 11 is 0. The Hall–Kier alpha value is 0.777. The van der Waals surface area contributed by atoms with Crippen molar-refractivity contribution in [3.05, 3.63) is 4.91 Å². The van der Waals surface area contributed by atoms with Crippen LogP contribution in [0.15, 0.2) is 5.34 Å². The van der Waals surface area contributed by atoms with E-state index in [-0.39, 0.29) is 41.7 Å². The Labute approximate surface area is 56.7 Å². The van der Waals surface area contributed by atoms with Crippen molar-refractivity contribution in [1.29, 1.82) is 0 Å². The molecule has 0 aromatic rings. The third-order valence-corrected chi connectivity index (χ3v) is 0. The van der Waals surface area contributed by atoms with Crippen molar-refractivity contribution in [2.45, 2.75) is 0 Å². The van der Waals surface area contributed by atoms with Gasteiger partial charge in [0.2, 0.25) is 0 Å². The van der Waals surface area contributed by atoms with Crippen LogP contribution in [0.25, 0.3) is 0 Å². The first-order chi connectivity index (χ1) is 1.41. The second-order valence-corrected chi connectivity index (χ2v) is 0.0816. The summed E-state index contributed by atoms with van der Waals surface area (Å²) in [4.78, 5) is 8.11. The van der Waals surface area contributed by atoms with Gasteiger partial charge in [0.15, 0.2) is 5.34 Å². The maximum absolute atomic E-state index is 8.11. The van der Waals surface area contributed by atoms with Crippen LogP contribution in [0.1, 0.15) is 0 Å². The van der Waals surface area contributed by atoms with Crippen molar-refractivity contribution >= 4 is 0 Å². The normalized spacial score (nSPS) is 3.00. The quantitative estimate of drug-likeness (QED) is 0.433. The standard InChI is InChI=1S/Ce.HNO2/c;2-1-3/h;(H,2,3).